The molecule has 1 saturated heterocycles. The molecule has 1 aromatic rings. The fourth-order valence-electron chi connectivity index (χ4n) is 3.15. The molecular formula is C15H17NO3. The summed E-state index contributed by atoms with van der Waals surface area (Å²) in [5.41, 5.74) is 2.83. The van der Waals surface area contributed by atoms with Crippen molar-refractivity contribution in [2.24, 2.45) is 0 Å². The van der Waals surface area contributed by atoms with Crippen molar-refractivity contribution in [3.63, 3.8) is 0 Å². The van der Waals surface area contributed by atoms with Gasteiger partial charge in [-0.05, 0) is 36.1 Å². The number of carbonyl (C=O) groups excluding carboxylic acids is 1. The maximum absolute atomic E-state index is 12.2. The standard InChI is InChI=1S/C15H17NO3/c1-18-11-3-2-10-7-16(14(17)13-8-19-13)9-15(4-5-15)12(10)6-11/h2-3,6,13H,4-5,7-9H2,1H3. The summed E-state index contributed by atoms with van der Waals surface area (Å²) in [6.45, 7) is 2.14. The van der Waals surface area contributed by atoms with Crippen LogP contribution in [0, 0.1) is 0 Å². The van der Waals surface area contributed by atoms with Gasteiger partial charge in [-0.25, -0.2) is 0 Å². The molecule has 1 saturated carbocycles. The van der Waals surface area contributed by atoms with Gasteiger partial charge < -0.3 is 14.4 Å². The molecule has 3 aliphatic rings. The SMILES string of the molecule is COc1ccc2c(c1)C1(CC1)CN(C(=O)C1CO1)C2. The monoisotopic (exact) mass is 259 g/mol. The van der Waals surface area contributed by atoms with Crippen molar-refractivity contribution < 1.29 is 14.3 Å². The van der Waals surface area contributed by atoms with E-state index in [1.165, 1.54) is 24.0 Å². The second-order valence-corrected chi connectivity index (χ2v) is 5.82. The van der Waals surface area contributed by atoms with Gasteiger partial charge in [0.1, 0.15) is 5.75 Å². The van der Waals surface area contributed by atoms with Crippen LogP contribution in [0.4, 0.5) is 0 Å². The summed E-state index contributed by atoms with van der Waals surface area (Å²) in [7, 11) is 1.70. The second kappa shape index (κ2) is 3.73. The van der Waals surface area contributed by atoms with Crippen molar-refractivity contribution in [3.8, 4) is 5.75 Å². The van der Waals surface area contributed by atoms with Gasteiger partial charge in [0.2, 0.25) is 0 Å². The lowest BCUT2D eigenvalue weighted by molar-refractivity contribution is -0.134. The van der Waals surface area contributed by atoms with Crippen LogP contribution in [0.5, 0.6) is 5.75 Å². The Hall–Kier alpha value is -1.55. The van der Waals surface area contributed by atoms with E-state index in [9.17, 15) is 4.79 Å². The highest BCUT2D eigenvalue weighted by Crippen LogP contribution is 2.53. The van der Waals surface area contributed by atoms with Crippen LogP contribution in [-0.4, -0.2) is 37.2 Å². The van der Waals surface area contributed by atoms with E-state index in [1.54, 1.807) is 7.11 Å². The van der Waals surface area contributed by atoms with Crippen molar-refractivity contribution in [2.75, 3.05) is 20.3 Å². The first kappa shape index (κ1) is 11.3. The minimum Gasteiger partial charge on any atom is -0.497 e. The molecule has 4 rings (SSSR count). The van der Waals surface area contributed by atoms with Crippen LogP contribution in [0.1, 0.15) is 24.0 Å². The Morgan fingerprint density at radius 1 is 1.47 bits per heavy atom. The topological polar surface area (TPSA) is 42.1 Å². The number of epoxide rings is 1. The zero-order valence-corrected chi connectivity index (χ0v) is 11.0. The molecule has 100 valence electrons. The van der Waals surface area contributed by atoms with E-state index in [0.717, 1.165) is 12.3 Å². The molecule has 1 unspecified atom stereocenters. The molecule has 1 spiro atoms. The fraction of sp³-hybridized carbons (Fsp3) is 0.533. The van der Waals surface area contributed by atoms with Crippen molar-refractivity contribution in [1.82, 2.24) is 4.90 Å². The highest BCUT2D eigenvalue weighted by atomic mass is 16.6. The number of fused-ring (bicyclic) bond motifs is 2. The van der Waals surface area contributed by atoms with Gasteiger partial charge in [0, 0.05) is 18.5 Å². The van der Waals surface area contributed by atoms with Crippen LogP contribution in [0.15, 0.2) is 18.2 Å². The predicted octanol–water partition coefficient (Wildman–Crippen LogP) is 1.47. The maximum atomic E-state index is 12.2. The summed E-state index contributed by atoms with van der Waals surface area (Å²) in [6.07, 6.45) is 2.17. The number of methoxy groups -OCH3 is 1. The largest absolute Gasteiger partial charge is 0.497 e. The molecule has 4 heteroatoms. The van der Waals surface area contributed by atoms with Crippen LogP contribution in [0.3, 0.4) is 0 Å². The number of benzene rings is 1. The third-order valence-corrected chi connectivity index (χ3v) is 4.52. The van der Waals surface area contributed by atoms with E-state index in [4.69, 9.17) is 9.47 Å². The van der Waals surface area contributed by atoms with Crippen molar-refractivity contribution in [3.05, 3.63) is 29.3 Å². The molecule has 0 aromatic heterocycles. The maximum Gasteiger partial charge on any atom is 0.254 e. The normalized spacial score (nSPS) is 25.9. The summed E-state index contributed by atoms with van der Waals surface area (Å²) < 4.78 is 10.4. The quantitative estimate of drug-likeness (QED) is 0.755. The molecule has 1 aliphatic carbocycles. The number of carbonyl (C=O) groups is 1. The molecular weight excluding hydrogens is 242 g/mol. The van der Waals surface area contributed by atoms with E-state index in [-0.39, 0.29) is 17.4 Å². The third kappa shape index (κ3) is 1.74. The first-order valence-corrected chi connectivity index (χ1v) is 6.80. The van der Waals surface area contributed by atoms with Crippen molar-refractivity contribution >= 4 is 5.91 Å². The lowest BCUT2D eigenvalue weighted by Crippen LogP contribution is -2.43. The highest BCUT2D eigenvalue weighted by molar-refractivity contribution is 5.83. The van der Waals surface area contributed by atoms with E-state index in [1.807, 2.05) is 11.0 Å². The molecule has 19 heavy (non-hydrogen) atoms. The zero-order chi connectivity index (χ0) is 13.0. The zero-order valence-electron chi connectivity index (χ0n) is 11.0. The average Bonchev–Trinajstić information content (AvgIpc) is 3.32. The van der Waals surface area contributed by atoms with Gasteiger partial charge >= 0.3 is 0 Å². The van der Waals surface area contributed by atoms with Gasteiger partial charge in [0.15, 0.2) is 6.10 Å². The molecule has 2 heterocycles. The highest BCUT2D eigenvalue weighted by Gasteiger charge is 2.51. The first-order chi connectivity index (χ1) is 9.22. The molecule has 4 nitrogen and oxygen atoms in total. The summed E-state index contributed by atoms with van der Waals surface area (Å²) in [5, 5.41) is 0. The van der Waals surface area contributed by atoms with Gasteiger partial charge in [-0.2, -0.15) is 0 Å². The van der Waals surface area contributed by atoms with Crippen LogP contribution in [-0.2, 0) is 21.5 Å². The number of nitrogens with zero attached hydrogens (tertiary/aromatic N) is 1. The Morgan fingerprint density at radius 3 is 2.89 bits per heavy atom. The molecule has 0 bridgehead atoms. The summed E-state index contributed by atoms with van der Waals surface area (Å²) in [5.74, 6) is 1.07. The van der Waals surface area contributed by atoms with Gasteiger partial charge in [-0.3, -0.25) is 4.79 Å². The Bertz CT molecular complexity index is 546. The minimum absolute atomic E-state index is 0.160. The Kier molecular flexibility index (Phi) is 2.22. The van der Waals surface area contributed by atoms with Crippen LogP contribution < -0.4 is 4.74 Å². The van der Waals surface area contributed by atoms with Crippen LogP contribution >= 0.6 is 0 Å². The number of ether oxygens (including phenoxy) is 2. The minimum atomic E-state index is -0.171. The summed E-state index contributed by atoms with van der Waals surface area (Å²) in [4.78, 5) is 14.2. The van der Waals surface area contributed by atoms with Crippen molar-refractivity contribution in [1.29, 1.82) is 0 Å². The molecule has 0 N–H and O–H groups in total. The first-order valence-electron chi connectivity index (χ1n) is 6.80. The number of rotatable bonds is 2. The van der Waals surface area contributed by atoms with E-state index < -0.39 is 0 Å². The third-order valence-electron chi connectivity index (χ3n) is 4.52. The molecule has 1 aromatic carbocycles. The Morgan fingerprint density at radius 2 is 2.26 bits per heavy atom. The molecule has 1 amide bonds. The summed E-state index contributed by atoms with van der Waals surface area (Å²) >= 11 is 0. The van der Waals surface area contributed by atoms with E-state index in [2.05, 4.69) is 12.1 Å². The second-order valence-electron chi connectivity index (χ2n) is 5.82. The average molecular weight is 259 g/mol. The van der Waals surface area contributed by atoms with E-state index >= 15 is 0 Å². The molecule has 2 aliphatic heterocycles. The van der Waals surface area contributed by atoms with Gasteiger partial charge in [0.25, 0.3) is 5.91 Å². The van der Waals surface area contributed by atoms with Crippen molar-refractivity contribution in [2.45, 2.75) is 30.9 Å². The number of hydrogen-bond acceptors (Lipinski definition) is 3. The van der Waals surface area contributed by atoms with Gasteiger partial charge in [0.05, 0.1) is 13.7 Å². The Labute approximate surface area is 112 Å². The lowest BCUT2D eigenvalue weighted by Gasteiger charge is -2.35. The Balaban J connectivity index is 1.69. The number of amides is 1. The van der Waals surface area contributed by atoms with Crippen LogP contribution in [0.25, 0.3) is 0 Å². The van der Waals surface area contributed by atoms with Gasteiger partial charge in [-0.15, -0.1) is 0 Å². The fourth-order valence-corrected chi connectivity index (χ4v) is 3.15. The molecule has 0 radical (unpaired) electrons. The van der Waals surface area contributed by atoms with Gasteiger partial charge in [-0.1, -0.05) is 6.07 Å². The van der Waals surface area contributed by atoms with Crippen LogP contribution in [0.2, 0.25) is 0 Å². The molecule has 1 atom stereocenters. The van der Waals surface area contributed by atoms with E-state index in [0.29, 0.717) is 13.2 Å². The predicted molar refractivity (Wildman–Crippen MR) is 69.1 cm³/mol. The number of hydrogen-bond donors (Lipinski definition) is 0. The smallest absolute Gasteiger partial charge is 0.254 e. The summed E-state index contributed by atoms with van der Waals surface area (Å²) in [6, 6.07) is 6.23. The lowest BCUT2D eigenvalue weighted by atomic mass is 9.86. The molecule has 2 fully saturated rings.